The van der Waals surface area contributed by atoms with Gasteiger partial charge in [-0.1, -0.05) is 26.0 Å². The monoisotopic (exact) mass is 384 g/mol. The molecule has 0 fully saturated rings. The minimum atomic E-state index is -0.145. The van der Waals surface area contributed by atoms with E-state index >= 15 is 0 Å². The normalized spacial score (nSPS) is 12.7. The Labute approximate surface area is 166 Å². The van der Waals surface area contributed by atoms with Gasteiger partial charge in [0.2, 0.25) is 0 Å². The third-order valence-electron chi connectivity index (χ3n) is 4.67. The molecule has 1 unspecified atom stereocenters. The molecule has 0 aliphatic carbocycles. The number of amides is 2. The topological polar surface area (TPSA) is 71.9 Å². The van der Waals surface area contributed by atoms with Crippen molar-refractivity contribution >= 4 is 23.2 Å². The van der Waals surface area contributed by atoms with Crippen LogP contribution in [0.2, 0.25) is 0 Å². The summed E-state index contributed by atoms with van der Waals surface area (Å²) in [6, 6.07) is 15.1. The van der Waals surface area contributed by atoms with E-state index in [0.29, 0.717) is 11.6 Å². The maximum atomic E-state index is 12.2. The summed E-state index contributed by atoms with van der Waals surface area (Å²) >= 11 is 0. The molecule has 3 N–H and O–H groups in total. The second kappa shape index (κ2) is 10.5. The number of carbonyl (C=O) groups excluding carboxylic acids is 2. The number of hydrogen-bond donors (Lipinski definition) is 3. The molecule has 6 nitrogen and oxygen atoms in total. The van der Waals surface area contributed by atoms with Crippen molar-refractivity contribution in [2.75, 3.05) is 37.9 Å². The van der Waals surface area contributed by atoms with Gasteiger partial charge in [0.05, 0.1) is 14.2 Å². The van der Waals surface area contributed by atoms with Crippen molar-refractivity contribution in [2.24, 2.45) is 0 Å². The van der Waals surface area contributed by atoms with Crippen molar-refractivity contribution < 1.29 is 19.2 Å². The Morgan fingerprint density at radius 3 is 1.82 bits per heavy atom. The van der Waals surface area contributed by atoms with Crippen LogP contribution in [0.5, 0.6) is 5.75 Å². The molecule has 2 rings (SSSR count). The first-order valence-electron chi connectivity index (χ1n) is 9.56. The van der Waals surface area contributed by atoms with Gasteiger partial charge in [-0.25, -0.2) is 0 Å². The van der Waals surface area contributed by atoms with Crippen LogP contribution in [0.25, 0.3) is 0 Å². The number of nitrogens with one attached hydrogen (secondary N) is 3. The lowest BCUT2D eigenvalue weighted by molar-refractivity contribution is -0.862. The summed E-state index contributed by atoms with van der Waals surface area (Å²) in [6.45, 7) is 4.75. The summed E-state index contributed by atoms with van der Waals surface area (Å²) < 4.78 is 5.09. The SMILES string of the molecule is CC[C@@H](C)c1ccc(NC(=O)C[NH+](C)CC(=O)Nc2ccc(OC)cc2)cc1. The molecule has 0 aliphatic rings. The smallest absolute Gasteiger partial charge is 0.279 e. The lowest BCUT2D eigenvalue weighted by atomic mass is 9.99. The first-order chi connectivity index (χ1) is 13.4. The standard InChI is InChI=1S/C22H29N3O3/c1-5-16(2)17-6-8-18(9-7-17)23-21(26)14-25(3)15-22(27)24-19-10-12-20(28-4)13-11-19/h6-13,16H,5,14-15H2,1-4H3,(H,23,26)(H,24,27)/p+1/t16-/m1/s1. The Morgan fingerprint density at radius 1 is 0.929 bits per heavy atom. The zero-order chi connectivity index (χ0) is 20.5. The number of likely N-dealkylation sites (N-methyl/N-ethyl adjacent to an activating group) is 1. The maximum Gasteiger partial charge on any atom is 0.279 e. The van der Waals surface area contributed by atoms with Gasteiger partial charge in [-0.15, -0.1) is 0 Å². The molecular weight excluding hydrogens is 354 g/mol. The fraction of sp³-hybridized carbons (Fsp3) is 0.364. The van der Waals surface area contributed by atoms with Gasteiger partial charge in [0.1, 0.15) is 5.75 Å². The zero-order valence-electron chi connectivity index (χ0n) is 17.0. The van der Waals surface area contributed by atoms with E-state index in [-0.39, 0.29) is 24.9 Å². The maximum absolute atomic E-state index is 12.2. The van der Waals surface area contributed by atoms with Crippen LogP contribution in [-0.4, -0.2) is 39.1 Å². The van der Waals surface area contributed by atoms with E-state index in [0.717, 1.165) is 22.8 Å². The van der Waals surface area contributed by atoms with Crippen molar-refractivity contribution in [1.82, 2.24) is 0 Å². The van der Waals surface area contributed by atoms with E-state index in [2.05, 4.69) is 24.5 Å². The van der Waals surface area contributed by atoms with Gasteiger partial charge in [0.15, 0.2) is 13.1 Å². The number of benzene rings is 2. The highest BCUT2D eigenvalue weighted by molar-refractivity contribution is 5.93. The first kappa shape index (κ1) is 21.4. The summed E-state index contributed by atoms with van der Waals surface area (Å²) in [7, 11) is 3.41. The molecule has 2 amide bonds. The molecule has 6 heteroatoms. The number of ether oxygens (including phenoxy) is 1. The minimum absolute atomic E-state index is 0.119. The summed E-state index contributed by atoms with van der Waals surface area (Å²) in [5.74, 6) is 0.971. The fourth-order valence-corrected chi connectivity index (χ4v) is 2.83. The van der Waals surface area contributed by atoms with Gasteiger partial charge in [-0.3, -0.25) is 9.59 Å². The molecule has 0 spiro atoms. The Balaban J connectivity index is 1.78. The van der Waals surface area contributed by atoms with Gasteiger partial charge in [0, 0.05) is 11.4 Å². The molecule has 0 aliphatic heterocycles. The molecule has 0 saturated carbocycles. The Hall–Kier alpha value is -2.86. The van der Waals surface area contributed by atoms with E-state index in [9.17, 15) is 9.59 Å². The van der Waals surface area contributed by atoms with Crippen molar-refractivity contribution in [2.45, 2.75) is 26.2 Å². The largest absolute Gasteiger partial charge is 0.497 e. The number of methoxy groups -OCH3 is 1. The molecule has 0 heterocycles. The summed E-state index contributed by atoms with van der Waals surface area (Å²) in [6.07, 6.45) is 1.08. The van der Waals surface area contributed by atoms with E-state index < -0.39 is 0 Å². The van der Waals surface area contributed by atoms with Crippen LogP contribution in [-0.2, 0) is 9.59 Å². The summed E-state index contributed by atoms with van der Waals surface area (Å²) in [5.41, 5.74) is 2.73. The number of hydrogen-bond acceptors (Lipinski definition) is 3. The lowest BCUT2D eigenvalue weighted by Crippen LogP contribution is -3.11. The number of carbonyl (C=O) groups is 2. The summed E-state index contributed by atoms with van der Waals surface area (Å²) in [4.78, 5) is 25.2. The highest BCUT2D eigenvalue weighted by Crippen LogP contribution is 2.20. The molecule has 28 heavy (non-hydrogen) atoms. The fourth-order valence-electron chi connectivity index (χ4n) is 2.83. The van der Waals surface area contributed by atoms with Gasteiger partial charge in [0.25, 0.3) is 11.8 Å². The van der Waals surface area contributed by atoms with Gasteiger partial charge >= 0.3 is 0 Å². The Morgan fingerprint density at radius 2 is 1.39 bits per heavy atom. The number of rotatable bonds is 9. The number of quaternary nitrogens is 1. The van der Waals surface area contributed by atoms with Gasteiger partial charge < -0.3 is 20.3 Å². The van der Waals surface area contributed by atoms with E-state index in [4.69, 9.17) is 4.74 Å². The predicted octanol–water partition coefficient (Wildman–Crippen LogP) is 2.30. The Bertz CT molecular complexity index is 773. The van der Waals surface area contributed by atoms with E-state index in [1.165, 1.54) is 5.56 Å². The average Bonchev–Trinajstić information content (AvgIpc) is 2.68. The predicted molar refractivity (Wildman–Crippen MR) is 112 cm³/mol. The third-order valence-corrected chi connectivity index (χ3v) is 4.67. The van der Waals surface area contributed by atoms with E-state index in [1.807, 2.05) is 31.3 Å². The van der Waals surface area contributed by atoms with Crippen molar-refractivity contribution in [1.29, 1.82) is 0 Å². The third kappa shape index (κ3) is 6.70. The van der Waals surface area contributed by atoms with Crippen molar-refractivity contribution in [3.8, 4) is 5.75 Å². The Kier molecular flexibility index (Phi) is 8.02. The zero-order valence-corrected chi connectivity index (χ0v) is 17.0. The molecule has 2 aromatic carbocycles. The van der Waals surface area contributed by atoms with E-state index in [1.54, 1.807) is 31.4 Å². The quantitative estimate of drug-likeness (QED) is 0.621. The molecule has 2 atom stereocenters. The lowest BCUT2D eigenvalue weighted by Gasteiger charge is -2.14. The van der Waals surface area contributed by atoms with Gasteiger partial charge in [-0.2, -0.15) is 0 Å². The van der Waals surface area contributed by atoms with Crippen LogP contribution >= 0.6 is 0 Å². The molecule has 0 aromatic heterocycles. The molecule has 2 aromatic rings. The molecule has 0 bridgehead atoms. The van der Waals surface area contributed by atoms with Gasteiger partial charge in [-0.05, 0) is 54.3 Å². The van der Waals surface area contributed by atoms with Crippen molar-refractivity contribution in [3.05, 3.63) is 54.1 Å². The van der Waals surface area contributed by atoms with Crippen molar-refractivity contribution in [3.63, 3.8) is 0 Å². The average molecular weight is 385 g/mol. The van der Waals surface area contributed by atoms with Crippen LogP contribution in [0.3, 0.4) is 0 Å². The molecule has 0 saturated heterocycles. The van der Waals surface area contributed by atoms with Crippen LogP contribution in [0, 0.1) is 0 Å². The molecule has 150 valence electrons. The first-order valence-corrected chi connectivity index (χ1v) is 9.56. The minimum Gasteiger partial charge on any atom is -0.497 e. The highest BCUT2D eigenvalue weighted by Gasteiger charge is 2.15. The highest BCUT2D eigenvalue weighted by atomic mass is 16.5. The number of anilines is 2. The second-order valence-corrected chi connectivity index (χ2v) is 7.07. The van der Waals surface area contributed by atoms with Crippen LogP contribution < -0.4 is 20.3 Å². The van der Waals surface area contributed by atoms with Crippen LogP contribution in [0.4, 0.5) is 11.4 Å². The molecular formula is C22H30N3O3+. The van der Waals surface area contributed by atoms with Crippen LogP contribution in [0.15, 0.2) is 48.5 Å². The van der Waals surface area contributed by atoms with Crippen LogP contribution in [0.1, 0.15) is 31.7 Å². The summed E-state index contributed by atoms with van der Waals surface area (Å²) in [5, 5.41) is 5.71. The molecule has 0 radical (unpaired) electrons. The second-order valence-electron chi connectivity index (χ2n) is 7.07.